The fraction of sp³-hybridized carbons (Fsp3) is 0.462. The Morgan fingerprint density at radius 3 is 2.75 bits per heavy atom. The number of carbonyl (C=O) groups excluding carboxylic acids is 1. The summed E-state index contributed by atoms with van der Waals surface area (Å²) in [5.41, 5.74) is 1.09. The van der Waals surface area contributed by atoms with Crippen molar-refractivity contribution in [3.8, 4) is 0 Å². The van der Waals surface area contributed by atoms with Gasteiger partial charge in [-0.3, -0.25) is 4.79 Å². The van der Waals surface area contributed by atoms with Gasteiger partial charge >= 0.3 is 0 Å². The SMILES string of the molecule is O=C(Cc1ccccc1)N1CCC(CCl)C1. The molecular formula is C13H16ClNO. The summed E-state index contributed by atoms with van der Waals surface area (Å²) in [6, 6.07) is 9.88. The smallest absolute Gasteiger partial charge is 0.226 e. The summed E-state index contributed by atoms with van der Waals surface area (Å²) in [5, 5.41) is 0. The lowest BCUT2D eigenvalue weighted by molar-refractivity contribution is -0.129. The first-order valence-electron chi connectivity index (χ1n) is 5.67. The first-order valence-corrected chi connectivity index (χ1v) is 6.20. The minimum Gasteiger partial charge on any atom is -0.342 e. The molecule has 1 unspecified atom stereocenters. The fourth-order valence-electron chi connectivity index (χ4n) is 2.07. The van der Waals surface area contributed by atoms with Crippen molar-refractivity contribution in [3.63, 3.8) is 0 Å². The molecule has 0 N–H and O–H groups in total. The highest BCUT2D eigenvalue weighted by atomic mass is 35.5. The van der Waals surface area contributed by atoms with Crippen LogP contribution in [0.1, 0.15) is 12.0 Å². The van der Waals surface area contributed by atoms with Crippen molar-refractivity contribution < 1.29 is 4.79 Å². The van der Waals surface area contributed by atoms with Crippen molar-refractivity contribution in [1.82, 2.24) is 4.90 Å². The Labute approximate surface area is 101 Å². The Morgan fingerprint density at radius 2 is 2.12 bits per heavy atom. The number of hydrogen-bond donors (Lipinski definition) is 0. The van der Waals surface area contributed by atoms with E-state index in [-0.39, 0.29) is 5.91 Å². The van der Waals surface area contributed by atoms with E-state index in [1.165, 1.54) is 0 Å². The number of rotatable bonds is 3. The van der Waals surface area contributed by atoms with Crippen LogP contribution in [-0.2, 0) is 11.2 Å². The maximum Gasteiger partial charge on any atom is 0.226 e. The quantitative estimate of drug-likeness (QED) is 0.739. The first kappa shape index (κ1) is 11.5. The van der Waals surface area contributed by atoms with Crippen molar-refractivity contribution in [1.29, 1.82) is 0 Å². The van der Waals surface area contributed by atoms with Crippen molar-refractivity contribution in [2.45, 2.75) is 12.8 Å². The summed E-state index contributed by atoms with van der Waals surface area (Å²) < 4.78 is 0. The summed E-state index contributed by atoms with van der Waals surface area (Å²) in [6.45, 7) is 1.69. The molecule has 0 aliphatic carbocycles. The van der Waals surface area contributed by atoms with Gasteiger partial charge in [-0.2, -0.15) is 0 Å². The molecule has 0 spiro atoms. The van der Waals surface area contributed by atoms with Crippen LogP contribution in [0.5, 0.6) is 0 Å². The van der Waals surface area contributed by atoms with E-state index in [9.17, 15) is 4.79 Å². The molecule has 0 bridgehead atoms. The normalized spacial score (nSPS) is 20.1. The van der Waals surface area contributed by atoms with Gasteiger partial charge in [0.05, 0.1) is 6.42 Å². The number of hydrogen-bond acceptors (Lipinski definition) is 1. The molecule has 1 aliphatic heterocycles. The third-order valence-electron chi connectivity index (χ3n) is 3.05. The molecule has 86 valence electrons. The van der Waals surface area contributed by atoms with E-state index < -0.39 is 0 Å². The van der Waals surface area contributed by atoms with Gasteiger partial charge in [0.15, 0.2) is 0 Å². The Morgan fingerprint density at radius 1 is 1.38 bits per heavy atom. The zero-order valence-corrected chi connectivity index (χ0v) is 9.99. The molecule has 1 aromatic carbocycles. The van der Waals surface area contributed by atoms with Crippen LogP contribution in [-0.4, -0.2) is 29.8 Å². The minimum atomic E-state index is 0.221. The third-order valence-corrected chi connectivity index (χ3v) is 3.49. The van der Waals surface area contributed by atoms with E-state index in [1.54, 1.807) is 0 Å². The van der Waals surface area contributed by atoms with Crippen LogP contribution in [0.2, 0.25) is 0 Å². The van der Waals surface area contributed by atoms with E-state index in [4.69, 9.17) is 11.6 Å². The van der Waals surface area contributed by atoms with Gasteiger partial charge in [-0.15, -0.1) is 11.6 Å². The molecule has 1 aliphatic rings. The van der Waals surface area contributed by atoms with Crippen LogP contribution >= 0.6 is 11.6 Å². The highest BCUT2D eigenvalue weighted by molar-refractivity contribution is 6.18. The lowest BCUT2D eigenvalue weighted by atomic mass is 10.1. The highest BCUT2D eigenvalue weighted by Gasteiger charge is 2.25. The minimum absolute atomic E-state index is 0.221. The van der Waals surface area contributed by atoms with Crippen molar-refractivity contribution >= 4 is 17.5 Å². The van der Waals surface area contributed by atoms with Gasteiger partial charge in [0.25, 0.3) is 0 Å². The second kappa shape index (κ2) is 5.35. The molecular weight excluding hydrogens is 222 g/mol. The zero-order chi connectivity index (χ0) is 11.4. The predicted octanol–water partition coefficient (Wildman–Crippen LogP) is 2.32. The summed E-state index contributed by atoms with van der Waals surface area (Å²) in [5.74, 6) is 1.37. The number of amides is 1. The van der Waals surface area contributed by atoms with Crippen LogP contribution < -0.4 is 0 Å². The van der Waals surface area contributed by atoms with E-state index in [0.717, 1.165) is 25.1 Å². The van der Waals surface area contributed by atoms with Crippen molar-refractivity contribution in [2.24, 2.45) is 5.92 Å². The lowest BCUT2D eigenvalue weighted by Crippen LogP contribution is -2.30. The standard InChI is InChI=1S/C13H16ClNO/c14-9-12-6-7-15(10-12)13(16)8-11-4-2-1-3-5-11/h1-5,12H,6-10H2. The molecule has 1 amide bonds. The summed E-state index contributed by atoms with van der Waals surface area (Å²) >= 11 is 5.80. The predicted molar refractivity (Wildman–Crippen MR) is 65.6 cm³/mol. The van der Waals surface area contributed by atoms with Crippen molar-refractivity contribution in [3.05, 3.63) is 35.9 Å². The van der Waals surface area contributed by atoms with E-state index in [2.05, 4.69) is 0 Å². The van der Waals surface area contributed by atoms with Gasteiger partial charge in [-0.25, -0.2) is 0 Å². The van der Waals surface area contributed by atoms with Gasteiger partial charge in [-0.1, -0.05) is 30.3 Å². The number of alkyl halides is 1. The summed E-state index contributed by atoms with van der Waals surface area (Å²) in [6.07, 6.45) is 1.56. The maximum absolute atomic E-state index is 12.0. The van der Waals surface area contributed by atoms with E-state index in [0.29, 0.717) is 18.2 Å². The van der Waals surface area contributed by atoms with Crippen LogP contribution in [0.15, 0.2) is 30.3 Å². The van der Waals surface area contributed by atoms with E-state index >= 15 is 0 Å². The van der Waals surface area contributed by atoms with Gasteiger partial charge in [0.1, 0.15) is 0 Å². The fourth-order valence-corrected chi connectivity index (χ4v) is 2.32. The molecule has 0 saturated carbocycles. The van der Waals surface area contributed by atoms with Crippen LogP contribution in [0.4, 0.5) is 0 Å². The summed E-state index contributed by atoms with van der Waals surface area (Å²) in [7, 11) is 0. The molecule has 1 saturated heterocycles. The maximum atomic E-state index is 12.0. The molecule has 1 aromatic rings. The van der Waals surface area contributed by atoms with Crippen LogP contribution in [0.3, 0.4) is 0 Å². The topological polar surface area (TPSA) is 20.3 Å². The average molecular weight is 238 g/mol. The van der Waals surface area contributed by atoms with Gasteiger partial charge in [0, 0.05) is 19.0 Å². The second-order valence-corrected chi connectivity index (χ2v) is 4.62. The molecule has 3 heteroatoms. The largest absolute Gasteiger partial charge is 0.342 e. The van der Waals surface area contributed by atoms with Crippen molar-refractivity contribution in [2.75, 3.05) is 19.0 Å². The Kier molecular flexibility index (Phi) is 3.83. The van der Waals surface area contributed by atoms with Crippen LogP contribution in [0, 0.1) is 5.92 Å². The molecule has 1 heterocycles. The lowest BCUT2D eigenvalue weighted by Gasteiger charge is -2.16. The molecule has 1 atom stereocenters. The monoisotopic (exact) mass is 237 g/mol. The highest BCUT2D eigenvalue weighted by Crippen LogP contribution is 2.18. The molecule has 16 heavy (non-hydrogen) atoms. The molecule has 0 radical (unpaired) electrons. The number of carbonyl (C=O) groups is 1. The summed E-state index contributed by atoms with van der Waals surface area (Å²) in [4.78, 5) is 13.9. The number of nitrogens with zero attached hydrogens (tertiary/aromatic N) is 1. The Balaban J connectivity index is 1.90. The molecule has 1 fully saturated rings. The number of likely N-dealkylation sites (tertiary alicyclic amines) is 1. The average Bonchev–Trinajstić information content (AvgIpc) is 2.79. The second-order valence-electron chi connectivity index (χ2n) is 4.31. The van der Waals surface area contributed by atoms with Gasteiger partial charge < -0.3 is 4.90 Å². The Hall–Kier alpha value is -1.02. The molecule has 2 rings (SSSR count). The van der Waals surface area contributed by atoms with Gasteiger partial charge in [0.2, 0.25) is 5.91 Å². The van der Waals surface area contributed by atoms with Gasteiger partial charge in [-0.05, 0) is 17.9 Å². The molecule has 2 nitrogen and oxygen atoms in total. The number of benzene rings is 1. The third kappa shape index (κ3) is 2.76. The number of halogens is 1. The zero-order valence-electron chi connectivity index (χ0n) is 9.23. The van der Waals surface area contributed by atoms with Crippen LogP contribution in [0.25, 0.3) is 0 Å². The molecule has 0 aromatic heterocycles. The first-order chi connectivity index (χ1) is 7.79. The van der Waals surface area contributed by atoms with E-state index in [1.807, 2.05) is 35.2 Å². The Bertz CT molecular complexity index is 352.